The van der Waals surface area contributed by atoms with Crippen LogP contribution in [0.1, 0.15) is 24.8 Å². The molecule has 0 heterocycles. The number of benzene rings is 1. The van der Waals surface area contributed by atoms with Gasteiger partial charge in [0.2, 0.25) is 0 Å². The monoisotopic (exact) mass is 230 g/mol. The molecule has 1 saturated carbocycles. The Hall–Kier alpha value is -2.02. The third-order valence-electron chi connectivity index (χ3n) is 3.12. The Morgan fingerprint density at radius 3 is 2.47 bits per heavy atom. The molecular weight excluding hydrogens is 216 g/mol. The first-order valence-corrected chi connectivity index (χ1v) is 5.70. The summed E-state index contributed by atoms with van der Waals surface area (Å²) in [5.74, 6) is -0.839. The maximum atomic E-state index is 10.5. The molecule has 1 aromatic rings. The Kier molecular flexibility index (Phi) is 3.29. The number of carbonyl (C=O) groups is 1. The lowest BCUT2D eigenvalue weighted by molar-refractivity contribution is -0.136. The number of rotatable bonds is 4. The molecule has 1 aliphatic carbocycles. The molecule has 4 nitrogen and oxygen atoms in total. The Bertz CT molecular complexity index is 443. The summed E-state index contributed by atoms with van der Waals surface area (Å²) >= 11 is 0. The number of aliphatic carboxylic acids is 1. The number of hydrogen-bond donors (Lipinski definition) is 1. The van der Waals surface area contributed by atoms with E-state index in [1.807, 2.05) is 12.1 Å². The summed E-state index contributed by atoms with van der Waals surface area (Å²) in [5, 5.41) is 17.8. The summed E-state index contributed by atoms with van der Waals surface area (Å²) < 4.78 is 0. The van der Waals surface area contributed by atoms with Crippen molar-refractivity contribution in [3.05, 3.63) is 29.8 Å². The van der Waals surface area contributed by atoms with Gasteiger partial charge in [-0.15, -0.1) is 0 Å². The van der Waals surface area contributed by atoms with Gasteiger partial charge in [0.05, 0.1) is 12.1 Å². The van der Waals surface area contributed by atoms with Crippen molar-refractivity contribution in [2.75, 3.05) is 4.90 Å². The van der Waals surface area contributed by atoms with Crippen molar-refractivity contribution in [2.24, 2.45) is 0 Å². The van der Waals surface area contributed by atoms with E-state index in [9.17, 15) is 4.79 Å². The number of nitrogens with zero attached hydrogens (tertiary/aromatic N) is 2. The maximum absolute atomic E-state index is 10.5. The number of anilines is 1. The van der Waals surface area contributed by atoms with Crippen LogP contribution in [0, 0.1) is 11.5 Å². The average Bonchev–Trinajstić information content (AvgIpc) is 2.23. The van der Waals surface area contributed by atoms with Crippen molar-refractivity contribution in [3.8, 4) is 6.19 Å². The van der Waals surface area contributed by atoms with E-state index in [2.05, 4.69) is 6.19 Å². The van der Waals surface area contributed by atoms with Crippen molar-refractivity contribution in [2.45, 2.75) is 31.7 Å². The minimum Gasteiger partial charge on any atom is -0.481 e. The van der Waals surface area contributed by atoms with Gasteiger partial charge in [0.15, 0.2) is 6.19 Å². The van der Waals surface area contributed by atoms with Crippen LogP contribution < -0.4 is 4.90 Å². The highest BCUT2D eigenvalue weighted by atomic mass is 16.4. The third-order valence-corrected chi connectivity index (χ3v) is 3.12. The first-order valence-electron chi connectivity index (χ1n) is 5.70. The molecule has 17 heavy (non-hydrogen) atoms. The van der Waals surface area contributed by atoms with Crippen LogP contribution in [0.25, 0.3) is 0 Å². The molecule has 0 aliphatic heterocycles. The Morgan fingerprint density at radius 2 is 2.06 bits per heavy atom. The smallest absolute Gasteiger partial charge is 0.307 e. The van der Waals surface area contributed by atoms with E-state index in [4.69, 9.17) is 10.4 Å². The fourth-order valence-corrected chi connectivity index (χ4v) is 1.94. The van der Waals surface area contributed by atoms with Gasteiger partial charge in [-0.25, -0.2) is 0 Å². The lowest BCUT2D eigenvalue weighted by atomic mass is 9.91. The fourth-order valence-electron chi connectivity index (χ4n) is 1.94. The van der Waals surface area contributed by atoms with E-state index in [1.54, 1.807) is 17.0 Å². The van der Waals surface area contributed by atoms with Gasteiger partial charge in [-0.2, -0.15) is 5.26 Å². The summed E-state index contributed by atoms with van der Waals surface area (Å²) in [5.41, 5.74) is 1.61. The number of hydrogen-bond acceptors (Lipinski definition) is 3. The van der Waals surface area contributed by atoms with Crippen LogP contribution in [-0.2, 0) is 11.2 Å². The Morgan fingerprint density at radius 1 is 1.41 bits per heavy atom. The van der Waals surface area contributed by atoms with Crippen LogP contribution >= 0.6 is 0 Å². The van der Waals surface area contributed by atoms with Crippen molar-refractivity contribution >= 4 is 11.7 Å². The van der Waals surface area contributed by atoms with E-state index in [-0.39, 0.29) is 6.42 Å². The molecule has 1 aliphatic rings. The standard InChI is InChI=1S/C13H14N2O2/c14-9-15(11-2-1-3-11)12-6-4-10(5-7-12)8-13(16)17/h4-7,11H,1-3,8H2,(H,16,17). The zero-order valence-corrected chi connectivity index (χ0v) is 9.47. The molecular formula is C13H14N2O2. The minimum atomic E-state index is -0.839. The molecule has 0 bridgehead atoms. The van der Waals surface area contributed by atoms with Crippen LogP contribution in [-0.4, -0.2) is 17.1 Å². The van der Waals surface area contributed by atoms with Crippen molar-refractivity contribution in [1.82, 2.24) is 0 Å². The van der Waals surface area contributed by atoms with E-state index in [0.717, 1.165) is 24.1 Å². The second kappa shape index (κ2) is 4.88. The summed E-state index contributed by atoms with van der Waals surface area (Å²) in [7, 11) is 0. The van der Waals surface area contributed by atoms with Crippen molar-refractivity contribution < 1.29 is 9.90 Å². The molecule has 0 unspecified atom stereocenters. The molecule has 1 aromatic carbocycles. The minimum absolute atomic E-state index is 0.0241. The molecule has 0 saturated heterocycles. The van der Waals surface area contributed by atoms with E-state index in [1.165, 1.54) is 6.42 Å². The zero-order chi connectivity index (χ0) is 12.3. The largest absolute Gasteiger partial charge is 0.481 e. The summed E-state index contributed by atoms with van der Waals surface area (Å²) in [4.78, 5) is 12.3. The van der Waals surface area contributed by atoms with Gasteiger partial charge in [-0.05, 0) is 37.0 Å². The van der Waals surface area contributed by atoms with E-state index < -0.39 is 5.97 Å². The number of nitriles is 1. The SMILES string of the molecule is N#CN(c1ccc(CC(=O)O)cc1)C1CCC1. The number of carboxylic acid groups (broad SMARTS) is 1. The van der Waals surface area contributed by atoms with Crippen LogP contribution in [0.2, 0.25) is 0 Å². The first-order chi connectivity index (χ1) is 8.20. The van der Waals surface area contributed by atoms with E-state index in [0.29, 0.717) is 6.04 Å². The predicted molar refractivity (Wildman–Crippen MR) is 63.5 cm³/mol. The fraction of sp³-hybridized carbons (Fsp3) is 0.385. The molecule has 0 atom stereocenters. The molecule has 2 rings (SSSR count). The van der Waals surface area contributed by atoms with Crippen LogP contribution in [0.5, 0.6) is 0 Å². The average molecular weight is 230 g/mol. The first kappa shape index (κ1) is 11.5. The zero-order valence-electron chi connectivity index (χ0n) is 9.47. The quantitative estimate of drug-likeness (QED) is 0.636. The highest BCUT2D eigenvalue weighted by molar-refractivity contribution is 5.70. The molecule has 0 aromatic heterocycles. The van der Waals surface area contributed by atoms with E-state index >= 15 is 0 Å². The summed E-state index contributed by atoms with van der Waals surface area (Å²) in [6.07, 6.45) is 5.52. The third kappa shape index (κ3) is 2.56. The van der Waals surface area contributed by atoms with Gasteiger partial charge < -0.3 is 5.11 Å². The van der Waals surface area contributed by atoms with Gasteiger partial charge in [-0.3, -0.25) is 9.69 Å². The molecule has 0 amide bonds. The Labute approximate surface area is 100 Å². The highest BCUT2D eigenvalue weighted by Crippen LogP contribution is 2.29. The lowest BCUT2D eigenvalue weighted by Crippen LogP contribution is -2.36. The van der Waals surface area contributed by atoms with Gasteiger partial charge in [0.25, 0.3) is 0 Å². The second-order valence-corrected chi connectivity index (χ2v) is 4.29. The summed E-state index contributed by atoms with van der Waals surface area (Å²) in [6, 6.07) is 7.50. The van der Waals surface area contributed by atoms with Crippen LogP contribution in [0.3, 0.4) is 0 Å². The Balaban J connectivity index is 2.10. The van der Waals surface area contributed by atoms with Gasteiger partial charge in [0.1, 0.15) is 0 Å². The molecule has 1 fully saturated rings. The topological polar surface area (TPSA) is 64.3 Å². The normalized spacial score (nSPS) is 14.8. The van der Waals surface area contributed by atoms with Gasteiger partial charge in [-0.1, -0.05) is 12.1 Å². The maximum Gasteiger partial charge on any atom is 0.307 e. The molecule has 0 spiro atoms. The molecule has 0 radical (unpaired) electrons. The molecule has 88 valence electrons. The lowest BCUT2D eigenvalue weighted by Gasteiger charge is -2.33. The summed E-state index contributed by atoms with van der Waals surface area (Å²) in [6.45, 7) is 0. The predicted octanol–water partition coefficient (Wildman–Crippen LogP) is 2.15. The highest BCUT2D eigenvalue weighted by Gasteiger charge is 2.25. The van der Waals surface area contributed by atoms with Gasteiger partial charge in [0, 0.05) is 6.04 Å². The van der Waals surface area contributed by atoms with Crippen LogP contribution in [0.4, 0.5) is 5.69 Å². The molecule has 4 heteroatoms. The van der Waals surface area contributed by atoms with Gasteiger partial charge >= 0.3 is 5.97 Å². The molecule has 1 N–H and O–H groups in total. The second-order valence-electron chi connectivity index (χ2n) is 4.29. The van der Waals surface area contributed by atoms with Crippen molar-refractivity contribution in [3.63, 3.8) is 0 Å². The van der Waals surface area contributed by atoms with Crippen molar-refractivity contribution in [1.29, 1.82) is 5.26 Å². The van der Waals surface area contributed by atoms with Crippen LogP contribution in [0.15, 0.2) is 24.3 Å². The number of carboxylic acids is 1.